The highest BCUT2D eigenvalue weighted by Gasteiger charge is 2.16. The Kier molecular flexibility index (Phi) is 5.12. The van der Waals surface area contributed by atoms with E-state index in [-0.39, 0.29) is 12.5 Å². The first-order chi connectivity index (χ1) is 9.11. The average Bonchev–Trinajstić information content (AvgIpc) is 2.39. The number of rotatable bonds is 4. The first-order valence-corrected chi connectivity index (χ1v) is 7.04. The smallest absolute Gasteiger partial charge is 0.0503 e. The van der Waals surface area contributed by atoms with Crippen molar-refractivity contribution >= 4 is 34.8 Å². The fourth-order valence-corrected chi connectivity index (χ4v) is 2.81. The first-order valence-electron chi connectivity index (χ1n) is 5.91. The van der Waals surface area contributed by atoms with Crippen LogP contribution in [-0.4, -0.2) is 11.7 Å². The van der Waals surface area contributed by atoms with Crippen molar-refractivity contribution in [3.8, 4) is 0 Å². The molecule has 19 heavy (non-hydrogen) atoms. The van der Waals surface area contributed by atoms with Crippen molar-refractivity contribution in [2.75, 3.05) is 6.61 Å². The molecule has 0 aliphatic carbocycles. The van der Waals surface area contributed by atoms with Gasteiger partial charge in [0.25, 0.3) is 0 Å². The summed E-state index contributed by atoms with van der Waals surface area (Å²) in [6.45, 7) is 0.00652. The molecule has 0 aliphatic rings. The Bertz CT molecular complexity index is 569. The SMILES string of the molecule is OC[C@@H](Cc1ccccc1Cl)c1ccc(Cl)cc1Cl. The van der Waals surface area contributed by atoms with Crippen LogP contribution in [0, 0.1) is 0 Å². The first kappa shape index (κ1) is 14.7. The molecule has 0 radical (unpaired) electrons. The van der Waals surface area contributed by atoms with Crippen LogP contribution in [0.5, 0.6) is 0 Å². The van der Waals surface area contributed by atoms with Gasteiger partial charge < -0.3 is 5.11 Å². The molecule has 0 spiro atoms. The molecule has 0 saturated carbocycles. The topological polar surface area (TPSA) is 20.2 Å². The molecule has 2 rings (SSSR count). The second kappa shape index (κ2) is 6.62. The lowest BCUT2D eigenvalue weighted by atomic mass is 9.92. The van der Waals surface area contributed by atoms with E-state index in [1.165, 1.54) is 0 Å². The molecule has 1 atom stereocenters. The summed E-state index contributed by atoms with van der Waals surface area (Å²) in [4.78, 5) is 0. The maximum Gasteiger partial charge on any atom is 0.0503 e. The van der Waals surface area contributed by atoms with E-state index in [9.17, 15) is 5.11 Å². The largest absolute Gasteiger partial charge is 0.396 e. The van der Waals surface area contributed by atoms with Crippen molar-refractivity contribution in [2.45, 2.75) is 12.3 Å². The van der Waals surface area contributed by atoms with Gasteiger partial charge in [0, 0.05) is 21.0 Å². The minimum Gasteiger partial charge on any atom is -0.396 e. The Morgan fingerprint density at radius 3 is 2.32 bits per heavy atom. The second-order valence-corrected chi connectivity index (χ2v) is 5.59. The van der Waals surface area contributed by atoms with E-state index in [4.69, 9.17) is 34.8 Å². The van der Waals surface area contributed by atoms with Crippen molar-refractivity contribution in [1.82, 2.24) is 0 Å². The van der Waals surface area contributed by atoms with Gasteiger partial charge in [0.2, 0.25) is 0 Å². The summed E-state index contributed by atoms with van der Waals surface area (Å²) in [6.07, 6.45) is 0.636. The Morgan fingerprint density at radius 1 is 0.947 bits per heavy atom. The van der Waals surface area contributed by atoms with E-state index in [1.807, 2.05) is 30.3 Å². The van der Waals surface area contributed by atoms with Crippen molar-refractivity contribution in [3.05, 3.63) is 68.7 Å². The lowest BCUT2D eigenvalue weighted by Gasteiger charge is -2.17. The standard InChI is InChI=1S/C15H13Cl3O/c16-12-5-6-13(15(18)8-12)11(9-19)7-10-3-1-2-4-14(10)17/h1-6,8,11,19H,7,9H2/t11-/m1/s1. The lowest BCUT2D eigenvalue weighted by Crippen LogP contribution is -2.08. The predicted octanol–water partition coefficient (Wildman–Crippen LogP) is 4.97. The van der Waals surface area contributed by atoms with Gasteiger partial charge >= 0.3 is 0 Å². The summed E-state index contributed by atoms with van der Waals surface area (Å²) >= 11 is 18.2. The highest BCUT2D eigenvalue weighted by molar-refractivity contribution is 6.35. The number of hydrogen-bond donors (Lipinski definition) is 1. The minimum atomic E-state index is -0.0929. The van der Waals surface area contributed by atoms with Gasteiger partial charge in [0.15, 0.2) is 0 Å². The molecule has 0 fully saturated rings. The van der Waals surface area contributed by atoms with Crippen LogP contribution in [-0.2, 0) is 6.42 Å². The molecule has 2 aromatic rings. The van der Waals surface area contributed by atoms with E-state index >= 15 is 0 Å². The monoisotopic (exact) mass is 314 g/mol. The molecule has 1 nitrogen and oxygen atoms in total. The third-order valence-corrected chi connectivity index (χ3v) is 3.98. The van der Waals surface area contributed by atoms with E-state index < -0.39 is 0 Å². The normalized spacial score (nSPS) is 12.4. The predicted molar refractivity (Wildman–Crippen MR) is 81.4 cm³/mol. The highest BCUT2D eigenvalue weighted by Crippen LogP contribution is 2.31. The molecule has 4 heteroatoms. The highest BCUT2D eigenvalue weighted by atomic mass is 35.5. The van der Waals surface area contributed by atoms with Crippen molar-refractivity contribution in [3.63, 3.8) is 0 Å². The third kappa shape index (κ3) is 3.64. The zero-order valence-electron chi connectivity index (χ0n) is 10.1. The van der Waals surface area contributed by atoms with Gasteiger partial charge in [-0.25, -0.2) is 0 Å². The fraction of sp³-hybridized carbons (Fsp3) is 0.200. The van der Waals surface area contributed by atoms with Gasteiger partial charge in [0.1, 0.15) is 0 Å². The third-order valence-electron chi connectivity index (χ3n) is 3.05. The molecule has 0 unspecified atom stereocenters. The number of hydrogen-bond acceptors (Lipinski definition) is 1. The summed E-state index contributed by atoms with van der Waals surface area (Å²) in [5, 5.41) is 11.4. The molecule has 0 aliphatic heterocycles. The van der Waals surface area contributed by atoms with Crippen molar-refractivity contribution in [2.24, 2.45) is 0 Å². The Labute approximate surface area is 127 Å². The Balaban J connectivity index is 2.28. The van der Waals surface area contributed by atoms with Crippen LogP contribution in [0.3, 0.4) is 0 Å². The van der Waals surface area contributed by atoms with Gasteiger partial charge in [0.05, 0.1) is 6.61 Å². The molecule has 0 bridgehead atoms. The maximum absolute atomic E-state index is 9.59. The summed E-state index contributed by atoms with van der Waals surface area (Å²) in [5.41, 5.74) is 1.88. The summed E-state index contributed by atoms with van der Waals surface area (Å²) in [6, 6.07) is 12.9. The van der Waals surface area contributed by atoms with Crippen LogP contribution in [0.15, 0.2) is 42.5 Å². The lowest BCUT2D eigenvalue weighted by molar-refractivity contribution is 0.264. The molecular weight excluding hydrogens is 303 g/mol. The molecule has 0 heterocycles. The van der Waals surface area contributed by atoms with Crippen LogP contribution in [0.4, 0.5) is 0 Å². The second-order valence-electron chi connectivity index (χ2n) is 4.34. The maximum atomic E-state index is 9.59. The Morgan fingerprint density at radius 2 is 1.68 bits per heavy atom. The molecular formula is C15H13Cl3O. The molecule has 0 aromatic heterocycles. The van der Waals surface area contributed by atoms with Crippen LogP contribution in [0.25, 0.3) is 0 Å². The summed E-state index contributed by atoms with van der Waals surface area (Å²) in [7, 11) is 0. The molecule has 2 aromatic carbocycles. The van der Waals surface area contributed by atoms with E-state index in [0.717, 1.165) is 11.1 Å². The van der Waals surface area contributed by atoms with Crippen molar-refractivity contribution in [1.29, 1.82) is 0 Å². The van der Waals surface area contributed by atoms with Crippen LogP contribution >= 0.6 is 34.8 Å². The van der Waals surface area contributed by atoms with E-state index in [2.05, 4.69) is 0 Å². The van der Waals surface area contributed by atoms with Crippen molar-refractivity contribution < 1.29 is 5.11 Å². The van der Waals surface area contributed by atoms with Crippen LogP contribution in [0.1, 0.15) is 17.0 Å². The molecule has 0 saturated heterocycles. The fourth-order valence-electron chi connectivity index (χ4n) is 2.03. The summed E-state index contributed by atoms with van der Waals surface area (Å²) in [5.74, 6) is -0.0929. The molecule has 100 valence electrons. The average molecular weight is 316 g/mol. The van der Waals surface area contributed by atoms with Gasteiger partial charge in [-0.05, 0) is 35.7 Å². The quantitative estimate of drug-likeness (QED) is 0.845. The minimum absolute atomic E-state index is 0.00652. The van der Waals surface area contributed by atoms with Crippen LogP contribution < -0.4 is 0 Å². The Hall–Kier alpha value is -0.730. The van der Waals surface area contributed by atoms with Gasteiger partial charge in [-0.2, -0.15) is 0 Å². The van der Waals surface area contributed by atoms with Gasteiger partial charge in [-0.3, -0.25) is 0 Å². The number of benzene rings is 2. The zero-order chi connectivity index (χ0) is 13.8. The molecule has 1 N–H and O–H groups in total. The molecule has 0 amide bonds. The van der Waals surface area contributed by atoms with E-state index in [1.54, 1.807) is 12.1 Å². The zero-order valence-corrected chi connectivity index (χ0v) is 12.4. The summed E-state index contributed by atoms with van der Waals surface area (Å²) < 4.78 is 0. The van der Waals surface area contributed by atoms with Crippen LogP contribution in [0.2, 0.25) is 15.1 Å². The number of aliphatic hydroxyl groups is 1. The van der Waals surface area contributed by atoms with Gasteiger partial charge in [-0.15, -0.1) is 0 Å². The number of halogens is 3. The van der Waals surface area contributed by atoms with Gasteiger partial charge in [-0.1, -0.05) is 59.1 Å². The van der Waals surface area contributed by atoms with E-state index in [0.29, 0.717) is 21.5 Å². The number of aliphatic hydroxyl groups excluding tert-OH is 1.